The quantitative estimate of drug-likeness (QED) is 0.763. The molecule has 0 bridgehead atoms. The van der Waals surface area contributed by atoms with E-state index in [2.05, 4.69) is 20.5 Å². The second-order valence-electron chi connectivity index (χ2n) is 5.16. The predicted molar refractivity (Wildman–Crippen MR) is 82.1 cm³/mol. The average molecular weight is 310 g/mol. The van der Waals surface area contributed by atoms with Crippen molar-refractivity contribution in [2.24, 2.45) is 0 Å². The average Bonchev–Trinajstić information content (AvgIpc) is 3.02. The molecule has 1 aromatic carbocycles. The number of H-pyrrole nitrogens is 1. The van der Waals surface area contributed by atoms with Gasteiger partial charge in [0.15, 0.2) is 17.1 Å². The van der Waals surface area contributed by atoms with E-state index in [1.54, 1.807) is 12.3 Å². The van der Waals surface area contributed by atoms with Crippen LogP contribution in [0.25, 0.3) is 11.0 Å². The molecule has 116 valence electrons. The normalized spacial score (nSPS) is 16.3. The second-order valence-corrected chi connectivity index (χ2v) is 5.16. The van der Waals surface area contributed by atoms with Gasteiger partial charge < -0.3 is 14.8 Å². The summed E-state index contributed by atoms with van der Waals surface area (Å²) in [6.45, 7) is 0.511. The lowest BCUT2D eigenvalue weighted by Gasteiger charge is -2.25. The summed E-state index contributed by atoms with van der Waals surface area (Å²) in [4.78, 5) is 16.4. The number of amides is 1. The van der Waals surface area contributed by atoms with Crippen molar-refractivity contribution in [2.45, 2.75) is 12.6 Å². The Labute approximate surface area is 131 Å². The Kier molecular flexibility index (Phi) is 3.30. The lowest BCUT2D eigenvalue weighted by molar-refractivity contribution is -0.130. The number of ether oxygens (including phenoxy) is 2. The van der Waals surface area contributed by atoms with Gasteiger partial charge in [0, 0.05) is 11.6 Å². The van der Waals surface area contributed by atoms with Crippen molar-refractivity contribution in [3.05, 3.63) is 48.3 Å². The highest BCUT2D eigenvalue weighted by Crippen LogP contribution is 2.30. The molecule has 7 nitrogen and oxygen atoms in total. The Morgan fingerprint density at radius 2 is 2.13 bits per heavy atom. The number of benzene rings is 1. The van der Waals surface area contributed by atoms with Crippen LogP contribution >= 0.6 is 0 Å². The lowest BCUT2D eigenvalue weighted by Crippen LogP contribution is -2.43. The lowest BCUT2D eigenvalue weighted by atomic mass is 10.2. The molecule has 7 heteroatoms. The first-order valence-electron chi connectivity index (χ1n) is 7.25. The van der Waals surface area contributed by atoms with Gasteiger partial charge in [-0.1, -0.05) is 12.1 Å². The number of fused-ring (bicyclic) bond motifs is 2. The molecule has 1 amide bonds. The van der Waals surface area contributed by atoms with E-state index in [-0.39, 0.29) is 12.5 Å². The van der Waals surface area contributed by atoms with Gasteiger partial charge in [0.25, 0.3) is 5.91 Å². The highest BCUT2D eigenvalue weighted by Gasteiger charge is 2.27. The summed E-state index contributed by atoms with van der Waals surface area (Å²) in [7, 11) is 0. The van der Waals surface area contributed by atoms with Crippen molar-refractivity contribution in [2.75, 3.05) is 6.61 Å². The smallest absolute Gasteiger partial charge is 0.265 e. The number of aromatic nitrogens is 3. The Hall–Kier alpha value is -3.09. The molecule has 1 aliphatic rings. The summed E-state index contributed by atoms with van der Waals surface area (Å²) in [5, 5.41) is 10.7. The fourth-order valence-corrected chi connectivity index (χ4v) is 2.48. The Bertz CT molecular complexity index is 861. The zero-order chi connectivity index (χ0) is 15.6. The molecule has 1 unspecified atom stereocenters. The van der Waals surface area contributed by atoms with E-state index in [1.165, 1.54) is 0 Å². The van der Waals surface area contributed by atoms with Crippen molar-refractivity contribution >= 4 is 16.9 Å². The van der Waals surface area contributed by atoms with E-state index >= 15 is 0 Å². The number of aromatic amines is 1. The highest BCUT2D eigenvalue weighted by molar-refractivity contribution is 5.83. The Balaban J connectivity index is 1.43. The second kappa shape index (κ2) is 5.60. The largest absolute Gasteiger partial charge is 0.485 e. The molecule has 0 saturated carbocycles. The van der Waals surface area contributed by atoms with Crippen LogP contribution in [-0.2, 0) is 11.3 Å². The third-order valence-electron chi connectivity index (χ3n) is 3.65. The maximum absolute atomic E-state index is 12.3. The zero-order valence-corrected chi connectivity index (χ0v) is 12.2. The van der Waals surface area contributed by atoms with Gasteiger partial charge in [0.05, 0.1) is 12.2 Å². The zero-order valence-electron chi connectivity index (χ0n) is 12.2. The van der Waals surface area contributed by atoms with Gasteiger partial charge in [-0.25, -0.2) is 4.98 Å². The minimum Gasteiger partial charge on any atom is -0.485 e. The van der Waals surface area contributed by atoms with Gasteiger partial charge >= 0.3 is 0 Å². The molecule has 2 N–H and O–H groups in total. The van der Waals surface area contributed by atoms with Gasteiger partial charge in [0.2, 0.25) is 6.10 Å². The number of pyridine rings is 1. The third-order valence-corrected chi connectivity index (χ3v) is 3.65. The first-order chi connectivity index (χ1) is 11.3. The molecular weight excluding hydrogens is 296 g/mol. The van der Waals surface area contributed by atoms with Crippen LogP contribution < -0.4 is 14.8 Å². The minimum atomic E-state index is -0.669. The molecule has 0 aliphatic carbocycles. The molecule has 0 radical (unpaired) electrons. The number of nitrogens with zero attached hydrogens (tertiary/aromatic N) is 2. The molecule has 4 rings (SSSR count). The summed E-state index contributed by atoms with van der Waals surface area (Å²) in [6.07, 6.45) is 1.01. The van der Waals surface area contributed by atoms with E-state index in [0.29, 0.717) is 23.7 Å². The van der Waals surface area contributed by atoms with Crippen molar-refractivity contribution < 1.29 is 14.3 Å². The number of carbonyl (C=O) groups is 1. The Morgan fingerprint density at radius 3 is 3.04 bits per heavy atom. The van der Waals surface area contributed by atoms with E-state index < -0.39 is 6.10 Å². The number of hydrogen-bond donors (Lipinski definition) is 2. The van der Waals surface area contributed by atoms with Crippen molar-refractivity contribution in [3.63, 3.8) is 0 Å². The number of carbonyl (C=O) groups excluding carboxylic acids is 1. The molecule has 0 fully saturated rings. The van der Waals surface area contributed by atoms with Gasteiger partial charge in [-0.15, -0.1) is 0 Å². The van der Waals surface area contributed by atoms with Crippen LogP contribution in [0.15, 0.2) is 42.6 Å². The van der Waals surface area contributed by atoms with Crippen molar-refractivity contribution in [1.29, 1.82) is 0 Å². The van der Waals surface area contributed by atoms with Crippen LogP contribution in [0, 0.1) is 0 Å². The van der Waals surface area contributed by atoms with Crippen LogP contribution in [0.3, 0.4) is 0 Å². The summed E-state index contributed by atoms with van der Waals surface area (Å²) < 4.78 is 11.2. The number of rotatable bonds is 3. The molecule has 3 aromatic rings. The van der Waals surface area contributed by atoms with Crippen LogP contribution in [0.5, 0.6) is 11.5 Å². The van der Waals surface area contributed by atoms with Crippen LogP contribution in [0.4, 0.5) is 0 Å². The minimum absolute atomic E-state index is 0.189. The SMILES string of the molecule is O=C(NCc1[nH]nc2ncccc12)C1COc2ccccc2O1. The summed E-state index contributed by atoms with van der Waals surface area (Å²) in [5.74, 6) is 1.00. The van der Waals surface area contributed by atoms with Gasteiger partial charge in [-0.05, 0) is 24.3 Å². The van der Waals surface area contributed by atoms with Crippen LogP contribution in [0.1, 0.15) is 5.69 Å². The fourth-order valence-electron chi connectivity index (χ4n) is 2.48. The van der Waals surface area contributed by atoms with Crippen molar-refractivity contribution in [3.8, 4) is 11.5 Å². The topological polar surface area (TPSA) is 89.1 Å². The maximum Gasteiger partial charge on any atom is 0.265 e. The third kappa shape index (κ3) is 2.57. The van der Waals surface area contributed by atoms with Crippen LogP contribution in [0.2, 0.25) is 0 Å². The maximum atomic E-state index is 12.3. The van der Waals surface area contributed by atoms with E-state index in [0.717, 1.165) is 11.1 Å². The summed E-state index contributed by atoms with van der Waals surface area (Å²) >= 11 is 0. The highest BCUT2D eigenvalue weighted by atomic mass is 16.6. The first-order valence-corrected chi connectivity index (χ1v) is 7.25. The molecule has 0 spiro atoms. The standard InChI is InChI=1S/C16H14N4O3/c21-16(14-9-22-12-5-1-2-6-13(12)23-14)18-8-11-10-4-3-7-17-15(10)20-19-11/h1-7,14H,8-9H2,(H,18,21)(H,17,19,20). The molecular formula is C16H14N4O3. The van der Waals surface area contributed by atoms with Gasteiger partial charge in [0.1, 0.15) is 6.61 Å². The van der Waals surface area contributed by atoms with Crippen LogP contribution in [-0.4, -0.2) is 33.8 Å². The number of para-hydroxylation sites is 2. The molecule has 2 aromatic heterocycles. The Morgan fingerprint density at radius 1 is 1.26 bits per heavy atom. The fraction of sp³-hybridized carbons (Fsp3) is 0.188. The van der Waals surface area contributed by atoms with E-state index in [1.807, 2.05) is 30.3 Å². The van der Waals surface area contributed by atoms with E-state index in [9.17, 15) is 4.79 Å². The number of hydrogen-bond acceptors (Lipinski definition) is 5. The predicted octanol–water partition coefficient (Wildman–Crippen LogP) is 1.41. The molecule has 0 saturated heterocycles. The first kappa shape index (κ1) is 13.6. The summed E-state index contributed by atoms with van der Waals surface area (Å²) in [6, 6.07) is 11.0. The van der Waals surface area contributed by atoms with Gasteiger partial charge in [-0.3, -0.25) is 9.89 Å². The summed E-state index contributed by atoms with van der Waals surface area (Å²) in [5.41, 5.74) is 1.43. The molecule has 3 heterocycles. The monoisotopic (exact) mass is 310 g/mol. The molecule has 1 atom stereocenters. The molecule has 23 heavy (non-hydrogen) atoms. The van der Waals surface area contributed by atoms with Crippen molar-refractivity contribution in [1.82, 2.24) is 20.5 Å². The number of nitrogens with one attached hydrogen (secondary N) is 2. The molecule has 1 aliphatic heterocycles. The van der Waals surface area contributed by atoms with Gasteiger partial charge in [-0.2, -0.15) is 5.10 Å². The van der Waals surface area contributed by atoms with E-state index in [4.69, 9.17) is 9.47 Å².